The monoisotopic (exact) mass is 428 g/mol. The van der Waals surface area contributed by atoms with Gasteiger partial charge in [0.2, 0.25) is 0 Å². The molecule has 0 atom stereocenters. The van der Waals surface area contributed by atoms with Gasteiger partial charge < -0.3 is 24.4 Å². The minimum Gasteiger partial charge on any atom is -0.490 e. The van der Waals surface area contributed by atoms with Crippen molar-refractivity contribution < 1.29 is 19.0 Å². The van der Waals surface area contributed by atoms with E-state index < -0.39 is 5.97 Å². The number of methoxy groups -OCH3 is 1. The second-order valence-corrected chi connectivity index (χ2v) is 7.74. The number of anilines is 1. The van der Waals surface area contributed by atoms with Gasteiger partial charge in [-0.05, 0) is 64.4 Å². The van der Waals surface area contributed by atoms with Crippen LogP contribution in [0.25, 0.3) is 0 Å². The molecule has 1 saturated heterocycles. The molecule has 1 aromatic carbocycles. The molecule has 0 bridgehead atoms. The van der Waals surface area contributed by atoms with Crippen molar-refractivity contribution in [3.8, 4) is 11.5 Å². The summed E-state index contributed by atoms with van der Waals surface area (Å²) in [6.07, 6.45) is 5.20. The van der Waals surface area contributed by atoms with Crippen molar-refractivity contribution in [3.63, 3.8) is 0 Å². The smallest absolute Gasteiger partial charge is 0.358 e. The number of esters is 1. The number of nitrogens with one attached hydrogen (secondary N) is 1. The Morgan fingerprint density at radius 2 is 1.97 bits per heavy atom. The van der Waals surface area contributed by atoms with Crippen LogP contribution in [0.3, 0.4) is 0 Å². The average molecular weight is 429 g/mol. The van der Waals surface area contributed by atoms with E-state index in [4.69, 9.17) is 14.2 Å². The van der Waals surface area contributed by atoms with E-state index in [0.29, 0.717) is 19.2 Å². The lowest BCUT2D eigenvalue weighted by Gasteiger charge is -2.35. The van der Waals surface area contributed by atoms with Gasteiger partial charge in [0, 0.05) is 12.6 Å². The van der Waals surface area contributed by atoms with Crippen LogP contribution >= 0.6 is 0 Å². The lowest BCUT2D eigenvalue weighted by molar-refractivity contribution is 0.0593. The van der Waals surface area contributed by atoms with Crippen molar-refractivity contribution in [2.75, 3.05) is 31.7 Å². The van der Waals surface area contributed by atoms with E-state index in [1.807, 2.05) is 32.9 Å². The fraction of sp³-hybridized carbons (Fsp3) is 0.522. The van der Waals surface area contributed by atoms with Gasteiger partial charge in [0.05, 0.1) is 32.2 Å². The van der Waals surface area contributed by atoms with Gasteiger partial charge in [0.25, 0.3) is 0 Å². The third-order valence-corrected chi connectivity index (χ3v) is 5.10. The number of rotatable bonds is 9. The van der Waals surface area contributed by atoms with Crippen LogP contribution in [0.2, 0.25) is 0 Å². The molecule has 0 saturated carbocycles. The van der Waals surface area contributed by atoms with E-state index in [1.54, 1.807) is 6.20 Å². The summed E-state index contributed by atoms with van der Waals surface area (Å²) in [4.78, 5) is 22.8. The summed E-state index contributed by atoms with van der Waals surface area (Å²) in [5.41, 5.74) is 1.29. The predicted molar refractivity (Wildman–Crippen MR) is 119 cm³/mol. The molecule has 0 spiro atoms. The molecule has 1 aliphatic heterocycles. The number of hydrogen-bond acceptors (Lipinski definition) is 8. The van der Waals surface area contributed by atoms with Gasteiger partial charge >= 0.3 is 5.97 Å². The van der Waals surface area contributed by atoms with Crippen LogP contribution in [0.15, 0.2) is 30.6 Å². The summed E-state index contributed by atoms with van der Waals surface area (Å²) in [5, 5.41) is 3.41. The Hall–Kier alpha value is -2.87. The molecule has 1 fully saturated rings. The highest BCUT2D eigenvalue weighted by molar-refractivity contribution is 5.86. The summed E-state index contributed by atoms with van der Waals surface area (Å²) < 4.78 is 16.5. The highest BCUT2D eigenvalue weighted by Gasteiger charge is 2.24. The predicted octanol–water partition coefficient (Wildman–Crippen LogP) is 3.21. The van der Waals surface area contributed by atoms with Crippen LogP contribution in [-0.2, 0) is 11.3 Å². The highest BCUT2D eigenvalue weighted by Crippen LogP contribution is 2.31. The zero-order valence-electron chi connectivity index (χ0n) is 18.8. The first-order valence-corrected chi connectivity index (χ1v) is 10.8. The molecule has 1 N–H and O–H groups in total. The van der Waals surface area contributed by atoms with Crippen LogP contribution in [0, 0.1) is 0 Å². The number of piperidine rings is 1. The lowest BCUT2D eigenvalue weighted by atomic mass is 10.0. The fourth-order valence-electron chi connectivity index (χ4n) is 3.66. The minimum atomic E-state index is -0.491. The van der Waals surface area contributed by atoms with Crippen molar-refractivity contribution >= 4 is 11.8 Å². The maximum Gasteiger partial charge on any atom is 0.358 e. The first-order valence-electron chi connectivity index (χ1n) is 10.8. The van der Waals surface area contributed by atoms with Gasteiger partial charge in [-0.2, -0.15) is 0 Å². The number of carbonyl (C=O) groups is 1. The summed E-state index contributed by atoms with van der Waals surface area (Å²) >= 11 is 0. The number of ether oxygens (including phenoxy) is 3. The van der Waals surface area contributed by atoms with Crippen molar-refractivity contribution in [3.05, 3.63) is 41.9 Å². The van der Waals surface area contributed by atoms with Crippen LogP contribution < -0.4 is 19.7 Å². The first-order chi connectivity index (χ1) is 15.0. The molecule has 0 aliphatic carbocycles. The molecule has 8 nitrogen and oxygen atoms in total. The van der Waals surface area contributed by atoms with Crippen LogP contribution in [0.4, 0.5) is 5.82 Å². The molecule has 0 amide bonds. The van der Waals surface area contributed by atoms with E-state index in [2.05, 4.69) is 26.3 Å². The number of benzene rings is 1. The quantitative estimate of drug-likeness (QED) is 0.610. The summed E-state index contributed by atoms with van der Waals surface area (Å²) in [5.74, 6) is 1.73. The number of hydrogen-bond donors (Lipinski definition) is 1. The van der Waals surface area contributed by atoms with Gasteiger partial charge in [-0.25, -0.2) is 14.8 Å². The fourth-order valence-corrected chi connectivity index (χ4v) is 3.66. The van der Waals surface area contributed by atoms with E-state index in [-0.39, 0.29) is 11.8 Å². The molecule has 3 rings (SSSR count). The van der Waals surface area contributed by atoms with Gasteiger partial charge in [-0.15, -0.1) is 0 Å². The van der Waals surface area contributed by atoms with Gasteiger partial charge in [-0.3, -0.25) is 0 Å². The second-order valence-electron chi connectivity index (χ2n) is 7.74. The average Bonchev–Trinajstić information content (AvgIpc) is 2.79. The Labute approximate surface area is 183 Å². The lowest BCUT2D eigenvalue weighted by Crippen LogP contribution is -2.43. The van der Waals surface area contributed by atoms with Gasteiger partial charge in [0.15, 0.2) is 17.2 Å². The maximum absolute atomic E-state index is 11.7. The molecule has 168 valence electrons. The normalized spacial score (nSPS) is 14.4. The summed E-state index contributed by atoms with van der Waals surface area (Å²) in [7, 11) is 1.34. The minimum absolute atomic E-state index is 0.0693. The van der Waals surface area contributed by atoms with Crippen LogP contribution in [0.1, 0.15) is 49.7 Å². The third-order valence-electron chi connectivity index (χ3n) is 5.10. The number of carbonyl (C=O) groups excluding carboxylic acids is 1. The highest BCUT2D eigenvalue weighted by atomic mass is 16.5. The number of nitrogens with zero attached hydrogens (tertiary/aromatic N) is 3. The third kappa shape index (κ3) is 6.07. The van der Waals surface area contributed by atoms with Crippen molar-refractivity contribution in [1.82, 2.24) is 15.3 Å². The molecule has 1 aromatic heterocycles. The topological polar surface area (TPSA) is 85.8 Å². The summed E-state index contributed by atoms with van der Waals surface area (Å²) in [6.45, 7) is 9.10. The van der Waals surface area contributed by atoms with Crippen LogP contribution in [-0.4, -0.2) is 54.9 Å². The Kier molecular flexibility index (Phi) is 8.06. The Balaban J connectivity index is 1.88. The van der Waals surface area contributed by atoms with Crippen molar-refractivity contribution in [2.45, 2.75) is 52.3 Å². The molecule has 2 aromatic rings. The van der Waals surface area contributed by atoms with Crippen molar-refractivity contribution in [2.24, 2.45) is 0 Å². The second kappa shape index (κ2) is 10.9. The molecular formula is C23H32N4O4. The standard InChI is InChI=1S/C23H32N4O4/c1-5-30-21-12-17(6-7-20(21)31-16(2)3)15-27(18-8-10-24-11-9-18)22-14-25-19(13-26-22)23(28)29-4/h6-7,12-14,16,18,24H,5,8-11,15H2,1-4H3. The SMILES string of the molecule is CCOc1cc(CN(c2cnc(C(=O)OC)cn2)C2CCNCC2)ccc1OC(C)C. The maximum atomic E-state index is 11.7. The molecule has 0 unspecified atom stereocenters. The molecule has 31 heavy (non-hydrogen) atoms. The zero-order chi connectivity index (χ0) is 22.2. The van der Waals surface area contributed by atoms with E-state index in [1.165, 1.54) is 13.3 Å². The summed E-state index contributed by atoms with van der Waals surface area (Å²) in [6, 6.07) is 6.38. The van der Waals surface area contributed by atoms with Gasteiger partial charge in [-0.1, -0.05) is 6.07 Å². The Morgan fingerprint density at radius 3 is 2.58 bits per heavy atom. The number of aromatic nitrogens is 2. The van der Waals surface area contributed by atoms with Gasteiger partial charge in [0.1, 0.15) is 5.82 Å². The molecule has 8 heteroatoms. The van der Waals surface area contributed by atoms with E-state index >= 15 is 0 Å². The molecule has 2 heterocycles. The van der Waals surface area contributed by atoms with E-state index in [0.717, 1.165) is 48.8 Å². The van der Waals surface area contributed by atoms with E-state index in [9.17, 15) is 4.79 Å². The van der Waals surface area contributed by atoms with Crippen molar-refractivity contribution in [1.29, 1.82) is 0 Å². The van der Waals surface area contributed by atoms with Crippen LogP contribution in [0.5, 0.6) is 11.5 Å². The zero-order valence-corrected chi connectivity index (χ0v) is 18.8. The largest absolute Gasteiger partial charge is 0.490 e. The molecule has 1 aliphatic rings. The molecular weight excluding hydrogens is 396 g/mol. The molecule has 0 radical (unpaired) electrons. The Bertz CT molecular complexity index is 851. The Morgan fingerprint density at radius 1 is 1.19 bits per heavy atom. The first kappa shape index (κ1) is 22.8.